The van der Waals surface area contributed by atoms with Gasteiger partial charge in [0.15, 0.2) is 5.96 Å². The van der Waals surface area contributed by atoms with E-state index in [0.717, 1.165) is 35.8 Å². The number of pyridine rings is 1. The zero-order valence-corrected chi connectivity index (χ0v) is 16.9. The van der Waals surface area contributed by atoms with Gasteiger partial charge in [0.1, 0.15) is 11.4 Å². The first-order valence-corrected chi connectivity index (χ1v) is 7.96. The molecule has 0 fully saturated rings. The van der Waals surface area contributed by atoms with E-state index >= 15 is 0 Å². The third-order valence-corrected chi connectivity index (χ3v) is 3.79. The number of oxazole rings is 1. The molecule has 8 heteroatoms. The number of halogens is 1. The van der Waals surface area contributed by atoms with E-state index in [1.807, 2.05) is 48.8 Å². The van der Waals surface area contributed by atoms with E-state index in [2.05, 4.69) is 25.6 Å². The zero-order chi connectivity index (χ0) is 16.9. The number of aryl methyl sites for hydroxylation is 2. The SMILES string of the molecule is CN=C(NCCc1cn2ccccc2n1)NCc1nc(C)c(C)o1.I. The molecule has 3 aromatic rings. The van der Waals surface area contributed by atoms with E-state index in [-0.39, 0.29) is 24.0 Å². The summed E-state index contributed by atoms with van der Waals surface area (Å²) in [5, 5.41) is 6.47. The fraction of sp³-hybridized carbons (Fsp3) is 0.353. The van der Waals surface area contributed by atoms with Crippen molar-refractivity contribution >= 4 is 35.6 Å². The van der Waals surface area contributed by atoms with Gasteiger partial charge in [0.25, 0.3) is 0 Å². The molecule has 7 nitrogen and oxygen atoms in total. The third kappa shape index (κ3) is 4.94. The Morgan fingerprint density at radius 2 is 2.08 bits per heavy atom. The summed E-state index contributed by atoms with van der Waals surface area (Å²) in [7, 11) is 1.74. The van der Waals surface area contributed by atoms with Crippen molar-refractivity contribution in [2.45, 2.75) is 26.8 Å². The Kier molecular flexibility index (Phi) is 6.80. The summed E-state index contributed by atoms with van der Waals surface area (Å²) >= 11 is 0. The average molecular weight is 454 g/mol. The number of aliphatic imine (C=N–C) groups is 1. The molecule has 0 aliphatic rings. The second-order valence-corrected chi connectivity index (χ2v) is 5.55. The molecule has 0 aliphatic heterocycles. The van der Waals surface area contributed by atoms with Gasteiger partial charge in [0.2, 0.25) is 5.89 Å². The van der Waals surface area contributed by atoms with Crippen LogP contribution in [0.25, 0.3) is 5.65 Å². The molecule has 0 aliphatic carbocycles. The Hall–Kier alpha value is -2.10. The summed E-state index contributed by atoms with van der Waals surface area (Å²) < 4.78 is 7.57. The number of imidazole rings is 1. The van der Waals surface area contributed by atoms with Gasteiger partial charge in [-0.25, -0.2) is 9.97 Å². The molecular formula is C17H23IN6O. The molecule has 3 rings (SSSR count). The fourth-order valence-electron chi connectivity index (χ4n) is 2.41. The monoisotopic (exact) mass is 454 g/mol. The van der Waals surface area contributed by atoms with Crippen LogP contribution in [0.3, 0.4) is 0 Å². The Morgan fingerprint density at radius 1 is 1.24 bits per heavy atom. The van der Waals surface area contributed by atoms with E-state index < -0.39 is 0 Å². The van der Waals surface area contributed by atoms with E-state index in [0.29, 0.717) is 18.4 Å². The van der Waals surface area contributed by atoms with Gasteiger partial charge in [-0.05, 0) is 26.0 Å². The Morgan fingerprint density at radius 3 is 2.76 bits per heavy atom. The molecular weight excluding hydrogens is 431 g/mol. The minimum absolute atomic E-state index is 0. The quantitative estimate of drug-likeness (QED) is 0.352. The van der Waals surface area contributed by atoms with Crippen LogP contribution in [-0.2, 0) is 13.0 Å². The van der Waals surface area contributed by atoms with Crippen molar-refractivity contribution in [1.82, 2.24) is 25.0 Å². The number of hydrogen-bond acceptors (Lipinski definition) is 4. The van der Waals surface area contributed by atoms with Gasteiger partial charge in [0.05, 0.1) is 17.9 Å². The maximum atomic E-state index is 5.55. The number of rotatable bonds is 5. The second-order valence-electron chi connectivity index (χ2n) is 5.55. The van der Waals surface area contributed by atoms with Gasteiger partial charge in [-0.15, -0.1) is 24.0 Å². The second kappa shape index (κ2) is 8.84. The minimum Gasteiger partial charge on any atom is -0.444 e. The van der Waals surface area contributed by atoms with Crippen LogP contribution in [0.4, 0.5) is 0 Å². The summed E-state index contributed by atoms with van der Waals surface area (Å²) in [6.45, 7) is 5.09. The largest absolute Gasteiger partial charge is 0.444 e. The van der Waals surface area contributed by atoms with Crippen LogP contribution in [0.5, 0.6) is 0 Å². The summed E-state index contributed by atoms with van der Waals surface area (Å²) in [6, 6.07) is 5.98. The summed E-state index contributed by atoms with van der Waals surface area (Å²) in [5.41, 5.74) is 2.93. The summed E-state index contributed by atoms with van der Waals surface area (Å²) in [5.74, 6) is 2.22. The van der Waals surface area contributed by atoms with Gasteiger partial charge >= 0.3 is 0 Å². The predicted octanol–water partition coefficient (Wildman–Crippen LogP) is 2.46. The number of hydrogen-bond donors (Lipinski definition) is 2. The number of nitrogens with one attached hydrogen (secondary N) is 2. The molecule has 25 heavy (non-hydrogen) atoms. The molecule has 3 heterocycles. The average Bonchev–Trinajstić information content (AvgIpc) is 3.13. The smallest absolute Gasteiger partial charge is 0.214 e. The first kappa shape index (κ1) is 19.2. The molecule has 0 bridgehead atoms. The van der Waals surface area contributed by atoms with E-state index in [4.69, 9.17) is 4.42 Å². The highest BCUT2D eigenvalue weighted by atomic mass is 127. The molecule has 2 N–H and O–H groups in total. The molecule has 0 unspecified atom stereocenters. The van der Waals surface area contributed by atoms with Crippen LogP contribution in [0.15, 0.2) is 40.0 Å². The van der Waals surface area contributed by atoms with Crippen molar-refractivity contribution in [3.05, 3.63) is 53.6 Å². The van der Waals surface area contributed by atoms with Crippen molar-refractivity contribution in [2.75, 3.05) is 13.6 Å². The van der Waals surface area contributed by atoms with Gasteiger partial charge < -0.3 is 19.5 Å². The lowest BCUT2D eigenvalue weighted by atomic mass is 10.3. The first-order chi connectivity index (χ1) is 11.7. The number of nitrogens with zero attached hydrogens (tertiary/aromatic N) is 4. The fourth-order valence-corrected chi connectivity index (χ4v) is 2.41. The van der Waals surface area contributed by atoms with E-state index in [9.17, 15) is 0 Å². The molecule has 0 amide bonds. The Labute approximate surface area is 164 Å². The van der Waals surface area contributed by atoms with Crippen LogP contribution < -0.4 is 10.6 Å². The highest BCUT2D eigenvalue weighted by Crippen LogP contribution is 2.07. The van der Waals surface area contributed by atoms with Gasteiger partial charge in [-0.1, -0.05) is 6.07 Å². The molecule has 134 valence electrons. The summed E-state index contributed by atoms with van der Waals surface area (Å²) in [4.78, 5) is 13.1. The zero-order valence-electron chi connectivity index (χ0n) is 14.6. The molecule has 0 saturated heterocycles. The van der Waals surface area contributed by atoms with Crippen molar-refractivity contribution in [3.8, 4) is 0 Å². The third-order valence-electron chi connectivity index (χ3n) is 3.79. The molecule has 3 aromatic heterocycles. The van der Waals surface area contributed by atoms with Crippen LogP contribution in [-0.4, -0.2) is 33.9 Å². The molecule has 0 atom stereocenters. The molecule has 0 radical (unpaired) electrons. The first-order valence-electron chi connectivity index (χ1n) is 7.96. The van der Waals surface area contributed by atoms with Gasteiger partial charge in [-0.2, -0.15) is 0 Å². The predicted molar refractivity (Wildman–Crippen MR) is 108 cm³/mol. The van der Waals surface area contributed by atoms with E-state index in [1.54, 1.807) is 7.05 Å². The van der Waals surface area contributed by atoms with Gasteiger partial charge in [-0.3, -0.25) is 4.99 Å². The van der Waals surface area contributed by atoms with Crippen molar-refractivity contribution < 1.29 is 4.42 Å². The van der Waals surface area contributed by atoms with Crippen molar-refractivity contribution in [2.24, 2.45) is 4.99 Å². The number of aromatic nitrogens is 3. The lowest BCUT2D eigenvalue weighted by Crippen LogP contribution is -2.37. The maximum absolute atomic E-state index is 5.55. The van der Waals surface area contributed by atoms with Crippen molar-refractivity contribution in [3.63, 3.8) is 0 Å². The maximum Gasteiger partial charge on any atom is 0.214 e. The van der Waals surface area contributed by atoms with Gasteiger partial charge in [0, 0.05) is 32.4 Å². The minimum atomic E-state index is 0. The van der Waals surface area contributed by atoms with Crippen LogP contribution in [0.2, 0.25) is 0 Å². The molecule has 0 spiro atoms. The van der Waals surface area contributed by atoms with Crippen LogP contribution in [0, 0.1) is 13.8 Å². The van der Waals surface area contributed by atoms with Crippen LogP contribution in [0.1, 0.15) is 23.0 Å². The molecule has 0 aromatic carbocycles. The highest BCUT2D eigenvalue weighted by molar-refractivity contribution is 14.0. The normalized spacial score (nSPS) is 11.4. The Balaban J connectivity index is 0.00000225. The number of guanidine groups is 1. The standard InChI is InChI=1S/C17H22N6O.HI/c1-12-13(2)24-16(21-12)10-20-17(18-3)19-8-7-14-11-23-9-5-4-6-15(23)22-14;/h4-6,9,11H,7-8,10H2,1-3H3,(H2,18,19,20);1H. The number of fused-ring (bicyclic) bond motifs is 1. The van der Waals surface area contributed by atoms with Crippen molar-refractivity contribution in [1.29, 1.82) is 0 Å². The topological polar surface area (TPSA) is 79.8 Å². The lowest BCUT2D eigenvalue weighted by Gasteiger charge is -2.09. The van der Waals surface area contributed by atoms with Crippen LogP contribution >= 0.6 is 24.0 Å². The van der Waals surface area contributed by atoms with E-state index in [1.165, 1.54) is 0 Å². The highest BCUT2D eigenvalue weighted by Gasteiger charge is 2.06. The Bertz CT molecular complexity index is 801. The summed E-state index contributed by atoms with van der Waals surface area (Å²) in [6.07, 6.45) is 4.87. The lowest BCUT2D eigenvalue weighted by molar-refractivity contribution is 0.463. The molecule has 0 saturated carbocycles.